The molecule has 1 N–H and O–H groups in total. The van der Waals surface area contributed by atoms with Gasteiger partial charge in [-0.1, -0.05) is 44.0 Å². The smallest absolute Gasteiger partial charge is 0.347 e. The first-order valence-corrected chi connectivity index (χ1v) is 18.7. The second-order valence-electron chi connectivity index (χ2n) is 16.9. The van der Waals surface area contributed by atoms with Gasteiger partial charge in [0.15, 0.2) is 11.4 Å². The molecule has 0 bridgehead atoms. The van der Waals surface area contributed by atoms with Crippen LogP contribution in [-0.2, 0) is 16.1 Å². The number of likely N-dealkylation sites (tertiary alicyclic amines) is 2. The molecule has 2 aliphatic carbocycles. The van der Waals surface area contributed by atoms with Crippen molar-refractivity contribution in [3.05, 3.63) is 77.5 Å². The molecule has 1 aromatic carbocycles. The van der Waals surface area contributed by atoms with Crippen LogP contribution in [-0.4, -0.2) is 94.2 Å². The first kappa shape index (κ1) is 35.0. The molecule has 2 amide bonds. The number of hydrogen-bond acceptors (Lipinski definition) is 9. The summed E-state index contributed by atoms with van der Waals surface area (Å²) in [5.41, 5.74) is 0.798. The lowest BCUT2D eigenvalue weighted by Gasteiger charge is -2.50. The molecule has 5 heterocycles. The number of amides is 2. The highest BCUT2D eigenvalue weighted by atomic mass is 16.5. The van der Waals surface area contributed by atoms with Crippen LogP contribution < -0.4 is 4.74 Å². The van der Waals surface area contributed by atoms with Gasteiger partial charge >= 0.3 is 5.97 Å². The van der Waals surface area contributed by atoms with E-state index in [0.29, 0.717) is 61.7 Å². The zero-order chi connectivity index (χ0) is 37.3. The number of nitrogens with zero attached hydrogens (tertiary/aromatic N) is 8. The van der Waals surface area contributed by atoms with Gasteiger partial charge in [-0.15, -0.1) is 0 Å². The molecule has 3 aromatic heterocycles. The zero-order valence-corrected chi connectivity index (χ0v) is 31.1. The molecular weight excluding hydrogens is 676 g/mol. The van der Waals surface area contributed by atoms with Crippen LogP contribution in [0.4, 0.5) is 0 Å². The molecule has 8 rings (SSSR count). The van der Waals surface area contributed by atoms with E-state index >= 15 is 0 Å². The summed E-state index contributed by atoms with van der Waals surface area (Å²) < 4.78 is 15.1. The highest BCUT2D eigenvalue weighted by molar-refractivity contribution is 5.94. The van der Waals surface area contributed by atoms with E-state index < -0.39 is 11.6 Å². The molecular formula is C39H48N8O6. The number of ether oxygens (including phenoxy) is 1. The van der Waals surface area contributed by atoms with Crippen LogP contribution in [0.15, 0.2) is 53.4 Å². The van der Waals surface area contributed by atoms with Crippen LogP contribution >= 0.6 is 0 Å². The van der Waals surface area contributed by atoms with Gasteiger partial charge in [-0.3, -0.25) is 19.0 Å². The van der Waals surface area contributed by atoms with Crippen LogP contribution in [0.1, 0.15) is 118 Å². The molecule has 4 aromatic rings. The lowest BCUT2D eigenvalue weighted by molar-refractivity contribution is -0.152. The predicted octanol–water partition coefficient (Wildman–Crippen LogP) is 5.13. The van der Waals surface area contributed by atoms with Crippen LogP contribution in [0, 0.1) is 16.7 Å². The average molecular weight is 725 g/mol. The van der Waals surface area contributed by atoms with E-state index in [1.54, 1.807) is 29.2 Å². The Hall–Kier alpha value is -5.01. The maximum atomic E-state index is 14.0. The van der Waals surface area contributed by atoms with Gasteiger partial charge in [0.1, 0.15) is 11.8 Å². The molecule has 280 valence electrons. The maximum absolute atomic E-state index is 14.0. The summed E-state index contributed by atoms with van der Waals surface area (Å²) in [5, 5.41) is 23.2. The number of carboxylic acid groups (broad SMARTS) is 1. The van der Waals surface area contributed by atoms with Crippen molar-refractivity contribution in [3.8, 4) is 5.75 Å². The third-order valence-corrected chi connectivity index (χ3v) is 12.0. The highest BCUT2D eigenvalue weighted by Gasteiger charge is 2.61. The standard InChI is InChI=1S/C39H48N8O6/c1-24(47-15-14-31(42-47)26-8-6-7-9-26)33-41-32(43-53-33)30-20-44(21-39(30)22-45(23-39)35(49)29-16-37(29,2)3)34(48)27-17-40-46(19-27)18-25-10-12-28(13-11-25)52-38(4,5)36(50)51/h10-15,17,19,24,26,29-30H,6-9,16,18,20-23H2,1-5H3,(H,50,51). The summed E-state index contributed by atoms with van der Waals surface area (Å²) in [6, 6.07) is 8.99. The van der Waals surface area contributed by atoms with Crippen LogP contribution in [0.2, 0.25) is 0 Å². The van der Waals surface area contributed by atoms with Crippen molar-refractivity contribution >= 4 is 17.8 Å². The van der Waals surface area contributed by atoms with Crippen LogP contribution in [0.25, 0.3) is 0 Å². The summed E-state index contributed by atoms with van der Waals surface area (Å²) in [4.78, 5) is 47.5. The van der Waals surface area contributed by atoms with Gasteiger partial charge in [0.2, 0.25) is 5.91 Å². The first-order chi connectivity index (χ1) is 25.2. The number of aliphatic carboxylic acids is 1. The van der Waals surface area contributed by atoms with Crippen molar-refractivity contribution in [1.29, 1.82) is 0 Å². The second kappa shape index (κ2) is 12.8. The Morgan fingerprint density at radius 2 is 1.75 bits per heavy atom. The van der Waals surface area contributed by atoms with Crippen molar-refractivity contribution in [2.45, 2.75) is 96.7 Å². The highest BCUT2D eigenvalue weighted by Crippen LogP contribution is 2.55. The number of rotatable bonds is 11. The minimum atomic E-state index is -1.35. The van der Waals surface area contributed by atoms with Gasteiger partial charge in [0.25, 0.3) is 11.8 Å². The topological polar surface area (TPSA) is 162 Å². The van der Waals surface area contributed by atoms with Crippen molar-refractivity contribution in [1.82, 2.24) is 39.5 Å². The lowest BCUT2D eigenvalue weighted by atomic mass is 9.71. The number of benzene rings is 1. The molecule has 4 aliphatic rings. The molecule has 2 saturated carbocycles. The molecule has 1 spiro atoms. The minimum absolute atomic E-state index is 0.0347. The Kier molecular flexibility index (Phi) is 8.49. The fourth-order valence-corrected chi connectivity index (χ4v) is 8.39. The molecule has 2 aliphatic heterocycles. The van der Waals surface area contributed by atoms with Gasteiger partial charge in [0.05, 0.1) is 29.9 Å². The summed E-state index contributed by atoms with van der Waals surface area (Å²) in [5.74, 6) is 0.820. The van der Waals surface area contributed by atoms with E-state index in [0.717, 1.165) is 17.7 Å². The van der Waals surface area contributed by atoms with Gasteiger partial charge in [0, 0.05) is 55.8 Å². The van der Waals surface area contributed by atoms with Gasteiger partial charge < -0.3 is 24.2 Å². The number of hydrogen-bond donors (Lipinski definition) is 1. The quantitative estimate of drug-likeness (QED) is 0.219. The van der Waals surface area contributed by atoms with E-state index in [2.05, 4.69) is 30.2 Å². The second-order valence-corrected chi connectivity index (χ2v) is 16.9. The van der Waals surface area contributed by atoms with Crippen LogP contribution in [0.3, 0.4) is 0 Å². The maximum Gasteiger partial charge on any atom is 0.347 e. The van der Waals surface area contributed by atoms with Crippen molar-refractivity contribution in [2.24, 2.45) is 16.7 Å². The molecule has 14 heteroatoms. The molecule has 2 saturated heterocycles. The first-order valence-electron chi connectivity index (χ1n) is 18.7. The van der Waals surface area contributed by atoms with Gasteiger partial charge in [-0.25, -0.2) is 4.79 Å². The van der Waals surface area contributed by atoms with Crippen LogP contribution in [0.5, 0.6) is 5.75 Å². The molecule has 3 atom stereocenters. The Morgan fingerprint density at radius 1 is 1.06 bits per heavy atom. The van der Waals surface area contributed by atoms with Crippen molar-refractivity contribution in [3.63, 3.8) is 0 Å². The Labute approximate surface area is 308 Å². The van der Waals surface area contributed by atoms with Gasteiger partial charge in [-0.05, 0) is 69.2 Å². The molecule has 53 heavy (non-hydrogen) atoms. The SMILES string of the molecule is CC(c1nc(C2CN(C(=O)c3cnn(Cc4ccc(OC(C)(C)C(=O)O)cc4)c3)CC23CN(C(=O)C2CC2(C)C)C3)no1)n1ccc(C2CCCC2)n1. The molecule has 4 fully saturated rings. The summed E-state index contributed by atoms with van der Waals surface area (Å²) >= 11 is 0. The monoisotopic (exact) mass is 724 g/mol. The fraction of sp³-hybridized carbons (Fsp3) is 0.564. The normalized spacial score (nSPS) is 22.6. The van der Waals surface area contributed by atoms with E-state index in [4.69, 9.17) is 19.3 Å². The van der Waals surface area contributed by atoms with E-state index in [1.807, 2.05) is 39.7 Å². The molecule has 0 radical (unpaired) electrons. The largest absolute Gasteiger partial charge is 0.478 e. The Balaban J connectivity index is 0.973. The average Bonchev–Trinajstić information content (AvgIpc) is 3.85. The fourth-order valence-electron chi connectivity index (χ4n) is 8.39. The van der Waals surface area contributed by atoms with E-state index in [1.165, 1.54) is 39.5 Å². The molecule has 14 nitrogen and oxygen atoms in total. The van der Waals surface area contributed by atoms with Crippen molar-refractivity contribution < 1.29 is 28.8 Å². The summed E-state index contributed by atoms with van der Waals surface area (Å²) in [7, 11) is 0. The van der Waals surface area contributed by atoms with E-state index in [9.17, 15) is 19.5 Å². The summed E-state index contributed by atoms with van der Waals surface area (Å²) in [6.07, 6.45) is 11.0. The lowest BCUT2D eigenvalue weighted by Crippen LogP contribution is -2.62. The Bertz CT molecular complexity index is 2020. The molecule has 3 unspecified atom stereocenters. The van der Waals surface area contributed by atoms with Crippen molar-refractivity contribution in [2.75, 3.05) is 26.2 Å². The minimum Gasteiger partial charge on any atom is -0.478 e. The number of aromatic nitrogens is 6. The zero-order valence-electron chi connectivity index (χ0n) is 31.1. The van der Waals surface area contributed by atoms with Gasteiger partial charge in [-0.2, -0.15) is 15.2 Å². The predicted molar refractivity (Wildman–Crippen MR) is 191 cm³/mol. The summed E-state index contributed by atoms with van der Waals surface area (Å²) in [6.45, 7) is 11.6. The number of carboxylic acids is 1. The number of carbonyl (C=O) groups excluding carboxylic acids is 2. The third kappa shape index (κ3) is 6.61. The number of carbonyl (C=O) groups is 3. The van der Waals surface area contributed by atoms with E-state index in [-0.39, 0.29) is 40.5 Å². The Morgan fingerprint density at radius 3 is 2.43 bits per heavy atom. The third-order valence-electron chi connectivity index (χ3n) is 12.0.